The van der Waals surface area contributed by atoms with Crippen molar-refractivity contribution in [1.82, 2.24) is 4.90 Å². The van der Waals surface area contributed by atoms with Gasteiger partial charge in [0.05, 0.1) is 7.11 Å². The number of nitrogens with zero attached hydrogens (tertiary/aromatic N) is 1. The molecule has 0 saturated heterocycles. The Morgan fingerprint density at radius 1 is 1.17 bits per heavy atom. The van der Waals surface area contributed by atoms with E-state index in [2.05, 4.69) is 11.9 Å². The molecule has 0 aromatic heterocycles. The number of amides is 2. The molecule has 0 atom stereocenters. The van der Waals surface area contributed by atoms with E-state index < -0.39 is 0 Å². The SMILES string of the molecule is C=CCOc1ccc(/C=C/C(=O)Nc2cccc(CN(CC)C(C)=O)c2)cc1OC. The molecular formula is C24H28N2O4. The van der Waals surface area contributed by atoms with E-state index in [0.29, 0.717) is 36.9 Å². The van der Waals surface area contributed by atoms with Crippen LogP contribution in [0.4, 0.5) is 5.69 Å². The van der Waals surface area contributed by atoms with Gasteiger partial charge in [0.25, 0.3) is 0 Å². The second-order valence-electron chi connectivity index (χ2n) is 6.57. The Morgan fingerprint density at radius 2 is 1.97 bits per heavy atom. The summed E-state index contributed by atoms with van der Waals surface area (Å²) in [6.45, 7) is 8.63. The summed E-state index contributed by atoms with van der Waals surface area (Å²) in [5.41, 5.74) is 2.43. The molecule has 0 radical (unpaired) electrons. The Bertz CT molecular complexity index is 921. The third-order valence-corrected chi connectivity index (χ3v) is 4.37. The van der Waals surface area contributed by atoms with Crippen LogP contribution in [0.25, 0.3) is 6.08 Å². The topological polar surface area (TPSA) is 67.9 Å². The number of anilines is 1. The van der Waals surface area contributed by atoms with Gasteiger partial charge in [-0.1, -0.05) is 30.9 Å². The van der Waals surface area contributed by atoms with Gasteiger partial charge in [-0.05, 0) is 48.4 Å². The quantitative estimate of drug-likeness (QED) is 0.471. The predicted molar refractivity (Wildman–Crippen MR) is 120 cm³/mol. The first-order chi connectivity index (χ1) is 14.5. The summed E-state index contributed by atoms with van der Waals surface area (Å²) in [7, 11) is 1.56. The molecule has 0 heterocycles. The predicted octanol–water partition coefficient (Wildman–Crippen LogP) is 4.28. The van der Waals surface area contributed by atoms with Crippen LogP contribution in [0.5, 0.6) is 11.5 Å². The lowest BCUT2D eigenvalue weighted by Gasteiger charge is -2.19. The molecule has 0 fully saturated rings. The van der Waals surface area contributed by atoms with Gasteiger partial charge in [0, 0.05) is 31.8 Å². The molecule has 2 aromatic carbocycles. The number of rotatable bonds is 10. The van der Waals surface area contributed by atoms with Crippen molar-refractivity contribution in [2.24, 2.45) is 0 Å². The number of nitrogens with one attached hydrogen (secondary N) is 1. The number of carbonyl (C=O) groups is 2. The first-order valence-electron chi connectivity index (χ1n) is 9.72. The highest BCUT2D eigenvalue weighted by molar-refractivity contribution is 6.02. The molecule has 0 unspecified atom stereocenters. The molecule has 0 spiro atoms. The monoisotopic (exact) mass is 408 g/mol. The molecule has 2 rings (SSSR count). The second kappa shape index (κ2) is 11.5. The van der Waals surface area contributed by atoms with Crippen LogP contribution in [0.2, 0.25) is 0 Å². The van der Waals surface area contributed by atoms with Crippen LogP contribution < -0.4 is 14.8 Å². The molecule has 0 bridgehead atoms. The van der Waals surface area contributed by atoms with Crippen molar-refractivity contribution >= 4 is 23.6 Å². The fraction of sp³-hybridized carbons (Fsp3) is 0.250. The average Bonchev–Trinajstić information content (AvgIpc) is 2.74. The molecule has 6 nitrogen and oxygen atoms in total. The molecule has 6 heteroatoms. The molecule has 0 aliphatic rings. The van der Waals surface area contributed by atoms with E-state index in [1.165, 1.54) is 6.08 Å². The third kappa shape index (κ3) is 6.81. The standard InChI is InChI=1S/C24H28N2O4/c1-5-14-30-22-12-10-19(16-23(22)29-4)11-13-24(28)25-21-9-7-8-20(15-21)17-26(6-2)18(3)27/h5,7-13,15-16H,1,6,14,17H2,2-4H3,(H,25,28)/b13-11+. The maximum atomic E-state index is 12.3. The van der Waals surface area contributed by atoms with E-state index in [9.17, 15) is 9.59 Å². The summed E-state index contributed by atoms with van der Waals surface area (Å²) >= 11 is 0. The van der Waals surface area contributed by atoms with E-state index in [4.69, 9.17) is 9.47 Å². The lowest BCUT2D eigenvalue weighted by molar-refractivity contribution is -0.129. The maximum absolute atomic E-state index is 12.3. The number of hydrogen-bond acceptors (Lipinski definition) is 4. The highest BCUT2D eigenvalue weighted by Crippen LogP contribution is 2.28. The highest BCUT2D eigenvalue weighted by Gasteiger charge is 2.08. The van der Waals surface area contributed by atoms with Crippen molar-refractivity contribution in [2.45, 2.75) is 20.4 Å². The van der Waals surface area contributed by atoms with Gasteiger partial charge in [-0.15, -0.1) is 0 Å². The zero-order chi connectivity index (χ0) is 21.9. The lowest BCUT2D eigenvalue weighted by atomic mass is 10.1. The Balaban J connectivity index is 2.03. The van der Waals surface area contributed by atoms with Gasteiger partial charge in [0.2, 0.25) is 11.8 Å². The van der Waals surface area contributed by atoms with E-state index >= 15 is 0 Å². The summed E-state index contributed by atoms with van der Waals surface area (Å²) < 4.78 is 10.9. The molecule has 2 amide bonds. The fourth-order valence-electron chi connectivity index (χ4n) is 2.83. The number of benzene rings is 2. The summed E-state index contributed by atoms with van der Waals surface area (Å²) in [5, 5.41) is 2.84. The van der Waals surface area contributed by atoms with Crippen LogP contribution in [0, 0.1) is 0 Å². The number of carbonyl (C=O) groups excluding carboxylic acids is 2. The molecule has 0 saturated carbocycles. The van der Waals surface area contributed by atoms with Crippen molar-refractivity contribution < 1.29 is 19.1 Å². The average molecular weight is 408 g/mol. The minimum Gasteiger partial charge on any atom is -0.493 e. The van der Waals surface area contributed by atoms with Crippen molar-refractivity contribution in [2.75, 3.05) is 25.6 Å². The van der Waals surface area contributed by atoms with Crippen LogP contribution in [0.3, 0.4) is 0 Å². The van der Waals surface area contributed by atoms with Crippen molar-refractivity contribution in [3.8, 4) is 11.5 Å². The minimum atomic E-state index is -0.253. The molecule has 0 aliphatic heterocycles. The Hall–Kier alpha value is -3.54. The van der Waals surface area contributed by atoms with Gasteiger partial charge in [0.15, 0.2) is 11.5 Å². The maximum Gasteiger partial charge on any atom is 0.248 e. The van der Waals surface area contributed by atoms with E-state index in [1.54, 1.807) is 43.2 Å². The summed E-state index contributed by atoms with van der Waals surface area (Å²) in [6.07, 6.45) is 4.82. The van der Waals surface area contributed by atoms with Crippen LogP contribution in [-0.4, -0.2) is 37.0 Å². The van der Waals surface area contributed by atoms with Gasteiger partial charge in [-0.3, -0.25) is 9.59 Å². The lowest BCUT2D eigenvalue weighted by Crippen LogP contribution is -2.27. The molecule has 1 N–H and O–H groups in total. The first-order valence-corrected chi connectivity index (χ1v) is 9.72. The van der Waals surface area contributed by atoms with Crippen molar-refractivity contribution in [3.05, 3.63) is 72.3 Å². The third-order valence-electron chi connectivity index (χ3n) is 4.37. The molecule has 2 aromatic rings. The minimum absolute atomic E-state index is 0.0196. The Kier molecular flexibility index (Phi) is 8.69. The zero-order valence-electron chi connectivity index (χ0n) is 17.7. The molecular weight excluding hydrogens is 380 g/mol. The van der Waals surface area contributed by atoms with Crippen LogP contribution in [-0.2, 0) is 16.1 Å². The van der Waals surface area contributed by atoms with Crippen LogP contribution in [0.15, 0.2) is 61.2 Å². The van der Waals surface area contributed by atoms with Crippen LogP contribution >= 0.6 is 0 Å². The van der Waals surface area contributed by atoms with Gasteiger partial charge in [0.1, 0.15) is 6.61 Å². The van der Waals surface area contributed by atoms with Gasteiger partial charge < -0.3 is 19.7 Å². The first kappa shape index (κ1) is 22.7. The fourth-order valence-corrected chi connectivity index (χ4v) is 2.83. The number of methoxy groups -OCH3 is 1. The van der Waals surface area contributed by atoms with Gasteiger partial charge >= 0.3 is 0 Å². The van der Waals surface area contributed by atoms with E-state index in [-0.39, 0.29) is 11.8 Å². The van der Waals surface area contributed by atoms with Gasteiger partial charge in [-0.25, -0.2) is 0 Å². The molecule has 158 valence electrons. The molecule has 30 heavy (non-hydrogen) atoms. The van der Waals surface area contributed by atoms with E-state index in [0.717, 1.165) is 11.1 Å². The van der Waals surface area contributed by atoms with Crippen molar-refractivity contribution in [3.63, 3.8) is 0 Å². The smallest absolute Gasteiger partial charge is 0.248 e. The molecule has 0 aliphatic carbocycles. The number of ether oxygens (including phenoxy) is 2. The summed E-state index contributed by atoms with van der Waals surface area (Å²) in [6, 6.07) is 12.9. The number of hydrogen-bond donors (Lipinski definition) is 1. The Labute approximate surface area is 177 Å². The summed E-state index contributed by atoms with van der Waals surface area (Å²) in [4.78, 5) is 25.7. The zero-order valence-corrected chi connectivity index (χ0v) is 17.7. The van der Waals surface area contributed by atoms with E-state index in [1.807, 2.05) is 37.3 Å². The summed E-state index contributed by atoms with van der Waals surface area (Å²) in [5.74, 6) is 0.962. The normalized spacial score (nSPS) is 10.5. The highest BCUT2D eigenvalue weighted by atomic mass is 16.5. The Morgan fingerprint density at radius 3 is 2.63 bits per heavy atom. The van der Waals surface area contributed by atoms with Crippen molar-refractivity contribution in [1.29, 1.82) is 0 Å². The van der Waals surface area contributed by atoms with Gasteiger partial charge in [-0.2, -0.15) is 0 Å². The largest absolute Gasteiger partial charge is 0.493 e. The van der Waals surface area contributed by atoms with Crippen LogP contribution in [0.1, 0.15) is 25.0 Å². The second-order valence-corrected chi connectivity index (χ2v) is 6.57.